The topological polar surface area (TPSA) is 29.0 Å². The Hall–Kier alpha value is -3.19. The molecule has 0 aliphatic carbocycles. The van der Waals surface area contributed by atoms with E-state index < -0.39 is 0 Å². The zero-order valence-corrected chi connectivity index (χ0v) is 17.9. The Kier molecular flexibility index (Phi) is 5.67. The largest absolute Gasteiger partial charge is 0.298 e. The van der Waals surface area contributed by atoms with Crippen LogP contribution in [-0.2, 0) is 6.54 Å². The number of hydrogen-bond donors (Lipinski definition) is 0. The molecule has 0 N–H and O–H groups in total. The fourth-order valence-corrected chi connectivity index (χ4v) is 4.05. The number of hydrogen-bond acceptors (Lipinski definition) is 3. The monoisotopic (exact) mass is 423 g/mol. The molecule has 0 saturated carbocycles. The van der Waals surface area contributed by atoms with Crippen LogP contribution in [0.4, 0.5) is 0 Å². The van der Waals surface area contributed by atoms with Crippen LogP contribution in [0.5, 0.6) is 0 Å². The lowest BCUT2D eigenvalue weighted by atomic mass is 10.1. The van der Waals surface area contributed by atoms with Crippen molar-refractivity contribution in [1.29, 1.82) is 0 Å². The van der Waals surface area contributed by atoms with Gasteiger partial charge in [0.25, 0.3) is 0 Å². The highest BCUT2D eigenvalue weighted by molar-refractivity contribution is 6.30. The lowest BCUT2D eigenvalue weighted by molar-refractivity contribution is 0.327. The summed E-state index contributed by atoms with van der Waals surface area (Å²) in [5.74, 6) is 6.39. The number of fused-ring (bicyclic) bond motifs is 1. The molecule has 4 aromatic rings. The highest BCUT2D eigenvalue weighted by Gasteiger charge is 2.12. The molecule has 1 saturated heterocycles. The summed E-state index contributed by atoms with van der Waals surface area (Å²) in [6.45, 7) is 3.31. The summed E-state index contributed by atoms with van der Waals surface area (Å²) in [6.07, 6.45) is 4.45. The molecule has 1 aliphatic rings. The number of halogens is 1. The summed E-state index contributed by atoms with van der Waals surface area (Å²) >= 11 is 5.96. The van der Waals surface area contributed by atoms with Crippen molar-refractivity contribution in [2.45, 2.75) is 19.4 Å². The van der Waals surface area contributed by atoms with Gasteiger partial charge in [-0.25, -0.2) is 4.98 Å². The fraction of sp³-hybridized carbons (Fsp3) is 0.185. The third-order valence-corrected chi connectivity index (χ3v) is 5.86. The van der Waals surface area contributed by atoms with Gasteiger partial charge in [0.15, 0.2) is 0 Å². The standard InChI is InChI=1S/C27H22ClN3/c28-24-9-5-21(6-10-24)23-8-12-25(29-18-23)11-3-20-4-14-27-22(17-20)7-13-26(30-27)19-31-15-1-2-16-31/h4-10,12-14,17-18H,1-2,15-16,19H2. The molecule has 2 aromatic carbocycles. The summed E-state index contributed by atoms with van der Waals surface area (Å²) in [4.78, 5) is 11.8. The number of benzene rings is 2. The third kappa shape index (κ3) is 4.77. The van der Waals surface area contributed by atoms with Gasteiger partial charge in [0.1, 0.15) is 5.69 Å². The first-order chi connectivity index (χ1) is 15.2. The van der Waals surface area contributed by atoms with Crippen molar-refractivity contribution in [2.75, 3.05) is 13.1 Å². The lowest BCUT2D eigenvalue weighted by Crippen LogP contribution is -2.19. The zero-order chi connectivity index (χ0) is 21.0. The van der Waals surface area contributed by atoms with Gasteiger partial charge in [0.2, 0.25) is 0 Å². The maximum absolute atomic E-state index is 5.96. The van der Waals surface area contributed by atoms with Crippen LogP contribution in [0.2, 0.25) is 5.02 Å². The molecule has 3 heterocycles. The molecule has 0 bridgehead atoms. The molecule has 2 aromatic heterocycles. The Bertz CT molecular complexity index is 1260. The number of aromatic nitrogens is 2. The van der Waals surface area contributed by atoms with Gasteiger partial charge in [-0.1, -0.05) is 41.8 Å². The van der Waals surface area contributed by atoms with Crippen LogP contribution >= 0.6 is 11.6 Å². The molecule has 1 fully saturated rings. The summed E-state index contributed by atoms with van der Waals surface area (Å²) in [5, 5.41) is 1.84. The minimum Gasteiger partial charge on any atom is -0.298 e. The quantitative estimate of drug-likeness (QED) is 0.381. The van der Waals surface area contributed by atoms with E-state index in [4.69, 9.17) is 16.6 Å². The molecule has 0 spiro atoms. The molecule has 0 atom stereocenters. The van der Waals surface area contributed by atoms with E-state index in [1.165, 1.54) is 25.9 Å². The van der Waals surface area contributed by atoms with Crippen LogP contribution in [0.25, 0.3) is 22.0 Å². The molecular weight excluding hydrogens is 402 g/mol. The van der Waals surface area contributed by atoms with Crippen molar-refractivity contribution in [1.82, 2.24) is 14.9 Å². The van der Waals surface area contributed by atoms with Gasteiger partial charge in [-0.2, -0.15) is 0 Å². The lowest BCUT2D eigenvalue weighted by Gasteiger charge is -2.14. The Morgan fingerprint density at radius 1 is 0.839 bits per heavy atom. The highest BCUT2D eigenvalue weighted by Crippen LogP contribution is 2.21. The van der Waals surface area contributed by atoms with Gasteiger partial charge in [0.05, 0.1) is 11.2 Å². The molecular formula is C27H22ClN3. The molecule has 0 radical (unpaired) electrons. The molecule has 31 heavy (non-hydrogen) atoms. The number of pyridine rings is 2. The third-order valence-electron chi connectivity index (χ3n) is 5.61. The molecule has 0 amide bonds. The van der Waals surface area contributed by atoms with E-state index in [1.807, 2.05) is 48.7 Å². The molecule has 5 rings (SSSR count). The average Bonchev–Trinajstić information content (AvgIpc) is 3.32. The maximum atomic E-state index is 5.96. The van der Waals surface area contributed by atoms with Crippen LogP contribution in [0.3, 0.4) is 0 Å². The maximum Gasteiger partial charge on any atom is 0.113 e. The first kappa shape index (κ1) is 19.8. The van der Waals surface area contributed by atoms with Gasteiger partial charge >= 0.3 is 0 Å². The zero-order valence-electron chi connectivity index (χ0n) is 17.2. The van der Waals surface area contributed by atoms with Crippen LogP contribution in [0.15, 0.2) is 72.9 Å². The SMILES string of the molecule is Clc1ccc(-c2ccc(C#Cc3ccc4nc(CN5CCCC5)ccc4c3)nc2)cc1. The van der Waals surface area contributed by atoms with Crippen LogP contribution in [0, 0.1) is 11.8 Å². The van der Waals surface area contributed by atoms with Crippen molar-refractivity contribution < 1.29 is 0 Å². The second-order valence-electron chi connectivity index (χ2n) is 7.88. The van der Waals surface area contributed by atoms with E-state index in [2.05, 4.69) is 46.0 Å². The van der Waals surface area contributed by atoms with E-state index in [0.717, 1.165) is 50.5 Å². The minimum atomic E-state index is 0.729. The van der Waals surface area contributed by atoms with E-state index in [0.29, 0.717) is 0 Å². The molecule has 152 valence electrons. The Labute approximate surface area is 187 Å². The Morgan fingerprint density at radius 3 is 2.42 bits per heavy atom. The fourth-order valence-electron chi connectivity index (χ4n) is 3.92. The smallest absolute Gasteiger partial charge is 0.113 e. The first-order valence-corrected chi connectivity index (χ1v) is 11.0. The van der Waals surface area contributed by atoms with Gasteiger partial charge in [0, 0.05) is 34.3 Å². The summed E-state index contributed by atoms with van der Waals surface area (Å²) in [7, 11) is 0. The van der Waals surface area contributed by atoms with Crippen molar-refractivity contribution >= 4 is 22.5 Å². The van der Waals surface area contributed by atoms with Crippen LogP contribution < -0.4 is 0 Å². The summed E-state index contributed by atoms with van der Waals surface area (Å²) in [6, 6.07) is 22.2. The minimum absolute atomic E-state index is 0.729. The van der Waals surface area contributed by atoms with Gasteiger partial charge in [-0.15, -0.1) is 0 Å². The summed E-state index contributed by atoms with van der Waals surface area (Å²) in [5.41, 5.74) is 6.00. The number of rotatable bonds is 3. The number of likely N-dealkylation sites (tertiary alicyclic amines) is 1. The number of nitrogens with zero attached hydrogens (tertiary/aromatic N) is 3. The molecule has 1 aliphatic heterocycles. The van der Waals surface area contributed by atoms with Gasteiger partial charge < -0.3 is 0 Å². The van der Waals surface area contributed by atoms with E-state index in [1.54, 1.807) is 0 Å². The Morgan fingerprint density at radius 2 is 1.65 bits per heavy atom. The van der Waals surface area contributed by atoms with Gasteiger partial charge in [-0.05, 0) is 79.9 Å². The summed E-state index contributed by atoms with van der Waals surface area (Å²) < 4.78 is 0. The van der Waals surface area contributed by atoms with Crippen LogP contribution in [-0.4, -0.2) is 28.0 Å². The van der Waals surface area contributed by atoms with E-state index >= 15 is 0 Å². The van der Waals surface area contributed by atoms with E-state index in [9.17, 15) is 0 Å². The normalized spacial score (nSPS) is 13.8. The van der Waals surface area contributed by atoms with Crippen molar-refractivity contribution in [2.24, 2.45) is 0 Å². The Balaban J connectivity index is 1.31. The van der Waals surface area contributed by atoms with Gasteiger partial charge in [-0.3, -0.25) is 9.88 Å². The predicted molar refractivity (Wildman–Crippen MR) is 127 cm³/mol. The van der Waals surface area contributed by atoms with Crippen molar-refractivity contribution in [3.8, 4) is 23.0 Å². The predicted octanol–water partition coefficient (Wildman–Crippen LogP) is 5.95. The van der Waals surface area contributed by atoms with Crippen molar-refractivity contribution in [3.63, 3.8) is 0 Å². The van der Waals surface area contributed by atoms with Crippen LogP contribution in [0.1, 0.15) is 29.8 Å². The second kappa shape index (κ2) is 8.89. The first-order valence-electron chi connectivity index (χ1n) is 10.6. The van der Waals surface area contributed by atoms with Crippen molar-refractivity contribution in [3.05, 3.63) is 94.9 Å². The highest BCUT2D eigenvalue weighted by atomic mass is 35.5. The molecule has 0 unspecified atom stereocenters. The molecule has 3 nitrogen and oxygen atoms in total. The van der Waals surface area contributed by atoms with E-state index in [-0.39, 0.29) is 0 Å². The molecule has 4 heteroatoms. The second-order valence-corrected chi connectivity index (χ2v) is 8.32. The average molecular weight is 424 g/mol.